The molecule has 0 aliphatic carbocycles. The molecular formula is C20H21N3OS. The Morgan fingerprint density at radius 3 is 2.60 bits per heavy atom. The second-order valence-corrected chi connectivity index (χ2v) is 7.58. The van der Waals surface area contributed by atoms with Gasteiger partial charge in [0.05, 0.1) is 5.56 Å². The number of carbonyl (C=O) groups is 1. The summed E-state index contributed by atoms with van der Waals surface area (Å²) in [5.41, 5.74) is 2.83. The standard InChI is InChI=1S/C20H21N3OS/c1-15-5-7-18(8-6-15)25-23-12-9-16-13-17(14-21-19(16)23)20(24)22-10-3-2-4-11-22/h5-9,12-14H,2-4,10-11H2,1H3. The second-order valence-electron chi connectivity index (χ2n) is 6.54. The fraction of sp³-hybridized carbons (Fsp3) is 0.300. The number of hydrogen-bond acceptors (Lipinski definition) is 3. The van der Waals surface area contributed by atoms with Crippen LogP contribution in [0, 0.1) is 6.92 Å². The van der Waals surface area contributed by atoms with Crippen molar-refractivity contribution >= 4 is 28.9 Å². The topological polar surface area (TPSA) is 38.1 Å². The first-order chi connectivity index (χ1) is 12.2. The second kappa shape index (κ2) is 6.92. The van der Waals surface area contributed by atoms with Gasteiger partial charge in [0, 0.05) is 35.8 Å². The third kappa shape index (κ3) is 3.42. The zero-order chi connectivity index (χ0) is 17.2. The molecule has 0 spiro atoms. The quantitative estimate of drug-likeness (QED) is 0.696. The fourth-order valence-corrected chi connectivity index (χ4v) is 4.03. The molecule has 4 nitrogen and oxygen atoms in total. The number of nitrogens with zero attached hydrogens (tertiary/aromatic N) is 3. The molecule has 1 saturated heterocycles. The average molecular weight is 351 g/mol. The van der Waals surface area contributed by atoms with E-state index in [2.05, 4.69) is 40.1 Å². The highest BCUT2D eigenvalue weighted by molar-refractivity contribution is 7.98. The third-order valence-corrected chi connectivity index (χ3v) is 5.58. The van der Waals surface area contributed by atoms with Gasteiger partial charge in [0.25, 0.3) is 5.91 Å². The van der Waals surface area contributed by atoms with Gasteiger partial charge >= 0.3 is 0 Å². The Hall–Kier alpha value is -2.27. The summed E-state index contributed by atoms with van der Waals surface area (Å²) < 4.78 is 2.05. The molecule has 25 heavy (non-hydrogen) atoms. The molecule has 3 heterocycles. The summed E-state index contributed by atoms with van der Waals surface area (Å²) in [5.74, 6) is 0.105. The molecule has 1 aliphatic rings. The SMILES string of the molecule is Cc1ccc(Sn2ccc3cc(C(=O)N4CCCCC4)cnc32)cc1. The minimum atomic E-state index is 0.105. The van der Waals surface area contributed by atoms with Crippen LogP contribution in [-0.4, -0.2) is 32.9 Å². The van der Waals surface area contributed by atoms with E-state index in [0.29, 0.717) is 5.56 Å². The van der Waals surface area contributed by atoms with E-state index in [9.17, 15) is 4.79 Å². The van der Waals surface area contributed by atoms with E-state index in [1.807, 2.05) is 23.2 Å². The van der Waals surface area contributed by atoms with Crippen LogP contribution in [0.5, 0.6) is 0 Å². The average Bonchev–Trinajstić information content (AvgIpc) is 3.06. The number of hydrogen-bond donors (Lipinski definition) is 0. The van der Waals surface area contributed by atoms with E-state index in [1.54, 1.807) is 18.1 Å². The maximum Gasteiger partial charge on any atom is 0.255 e. The molecule has 0 radical (unpaired) electrons. The first-order valence-corrected chi connectivity index (χ1v) is 9.49. The van der Waals surface area contributed by atoms with Crippen molar-refractivity contribution < 1.29 is 4.79 Å². The van der Waals surface area contributed by atoms with Crippen molar-refractivity contribution in [3.63, 3.8) is 0 Å². The van der Waals surface area contributed by atoms with Crippen LogP contribution in [-0.2, 0) is 0 Å². The smallest absolute Gasteiger partial charge is 0.255 e. The van der Waals surface area contributed by atoms with Crippen LogP contribution in [0.2, 0.25) is 0 Å². The van der Waals surface area contributed by atoms with Gasteiger partial charge < -0.3 is 4.90 Å². The highest BCUT2D eigenvalue weighted by Crippen LogP contribution is 2.26. The van der Waals surface area contributed by atoms with Gasteiger partial charge in [-0.25, -0.2) is 4.98 Å². The molecule has 0 N–H and O–H groups in total. The Labute approximate surface area is 152 Å². The summed E-state index contributed by atoms with van der Waals surface area (Å²) in [4.78, 5) is 20.3. The minimum Gasteiger partial charge on any atom is -0.339 e. The number of rotatable bonds is 3. The van der Waals surface area contributed by atoms with Gasteiger partial charge in [0.15, 0.2) is 0 Å². The van der Waals surface area contributed by atoms with Crippen LogP contribution in [0.15, 0.2) is 53.7 Å². The molecule has 5 heteroatoms. The molecule has 1 aliphatic heterocycles. The van der Waals surface area contributed by atoms with Crippen molar-refractivity contribution in [1.82, 2.24) is 13.9 Å². The molecule has 1 aromatic carbocycles. The Kier molecular flexibility index (Phi) is 4.49. The van der Waals surface area contributed by atoms with Crippen LogP contribution >= 0.6 is 11.9 Å². The number of aryl methyl sites for hydroxylation is 1. The summed E-state index contributed by atoms with van der Waals surface area (Å²) >= 11 is 1.63. The Balaban J connectivity index is 1.58. The third-order valence-electron chi connectivity index (χ3n) is 4.61. The molecule has 4 rings (SSSR count). The van der Waals surface area contributed by atoms with E-state index in [4.69, 9.17) is 0 Å². The molecule has 2 aromatic heterocycles. The number of carbonyl (C=O) groups excluding carboxylic acids is 1. The number of likely N-dealkylation sites (tertiary alicyclic amines) is 1. The van der Waals surface area contributed by atoms with Crippen LogP contribution in [0.25, 0.3) is 11.0 Å². The molecule has 0 bridgehead atoms. The van der Waals surface area contributed by atoms with Gasteiger partial charge in [-0.1, -0.05) is 17.7 Å². The normalized spacial score (nSPS) is 14.8. The summed E-state index contributed by atoms with van der Waals surface area (Å²) in [5, 5.41) is 1.00. The Morgan fingerprint density at radius 2 is 1.84 bits per heavy atom. The van der Waals surface area contributed by atoms with E-state index in [1.165, 1.54) is 16.9 Å². The number of amides is 1. The van der Waals surface area contributed by atoms with E-state index < -0.39 is 0 Å². The molecule has 1 fully saturated rings. The monoisotopic (exact) mass is 351 g/mol. The van der Waals surface area contributed by atoms with Crippen molar-refractivity contribution in [2.24, 2.45) is 0 Å². The van der Waals surface area contributed by atoms with Gasteiger partial charge in [-0.15, -0.1) is 0 Å². The van der Waals surface area contributed by atoms with E-state index >= 15 is 0 Å². The van der Waals surface area contributed by atoms with E-state index in [0.717, 1.165) is 37.0 Å². The van der Waals surface area contributed by atoms with Crippen LogP contribution in [0.4, 0.5) is 0 Å². The summed E-state index contributed by atoms with van der Waals surface area (Å²) in [6.07, 6.45) is 7.15. The number of fused-ring (bicyclic) bond motifs is 1. The van der Waals surface area contributed by atoms with Gasteiger partial charge in [-0.05, 0) is 62.4 Å². The molecule has 0 saturated carbocycles. The van der Waals surface area contributed by atoms with Crippen molar-refractivity contribution in [3.05, 3.63) is 59.9 Å². The van der Waals surface area contributed by atoms with E-state index in [-0.39, 0.29) is 5.91 Å². The molecule has 0 unspecified atom stereocenters. The molecule has 128 valence electrons. The zero-order valence-electron chi connectivity index (χ0n) is 14.3. The van der Waals surface area contributed by atoms with Gasteiger partial charge in [0.2, 0.25) is 0 Å². The maximum atomic E-state index is 12.6. The van der Waals surface area contributed by atoms with Crippen molar-refractivity contribution in [3.8, 4) is 0 Å². The fourth-order valence-electron chi connectivity index (χ4n) is 3.18. The maximum absolute atomic E-state index is 12.6. The molecule has 0 atom stereocenters. The van der Waals surface area contributed by atoms with Crippen molar-refractivity contribution in [2.45, 2.75) is 31.1 Å². The van der Waals surface area contributed by atoms with Crippen molar-refractivity contribution in [1.29, 1.82) is 0 Å². The summed E-state index contributed by atoms with van der Waals surface area (Å²) in [6.45, 7) is 3.81. The Morgan fingerprint density at radius 1 is 1.08 bits per heavy atom. The lowest BCUT2D eigenvalue weighted by atomic mass is 10.1. The lowest BCUT2D eigenvalue weighted by Gasteiger charge is -2.26. The number of piperidine rings is 1. The largest absolute Gasteiger partial charge is 0.339 e. The zero-order valence-corrected chi connectivity index (χ0v) is 15.1. The van der Waals surface area contributed by atoms with Gasteiger partial charge in [-0.3, -0.25) is 8.77 Å². The van der Waals surface area contributed by atoms with Gasteiger partial charge in [0.1, 0.15) is 5.65 Å². The summed E-state index contributed by atoms with van der Waals surface area (Å²) in [7, 11) is 0. The number of pyridine rings is 1. The molecule has 3 aromatic rings. The lowest BCUT2D eigenvalue weighted by Crippen LogP contribution is -2.35. The van der Waals surface area contributed by atoms with Gasteiger partial charge in [-0.2, -0.15) is 0 Å². The number of aromatic nitrogens is 2. The Bertz CT molecular complexity index is 895. The first kappa shape index (κ1) is 16.2. The van der Waals surface area contributed by atoms with Crippen LogP contribution in [0.3, 0.4) is 0 Å². The molecule has 1 amide bonds. The minimum absolute atomic E-state index is 0.105. The lowest BCUT2D eigenvalue weighted by molar-refractivity contribution is 0.0724. The number of benzene rings is 1. The highest BCUT2D eigenvalue weighted by atomic mass is 32.2. The summed E-state index contributed by atoms with van der Waals surface area (Å²) in [6, 6.07) is 12.4. The predicted octanol–water partition coefficient (Wildman–Crippen LogP) is 4.53. The molecular weight excluding hydrogens is 330 g/mol. The van der Waals surface area contributed by atoms with Crippen LogP contribution < -0.4 is 0 Å². The van der Waals surface area contributed by atoms with Crippen LogP contribution in [0.1, 0.15) is 35.2 Å². The first-order valence-electron chi connectivity index (χ1n) is 8.72. The van der Waals surface area contributed by atoms with Crippen molar-refractivity contribution in [2.75, 3.05) is 13.1 Å². The predicted molar refractivity (Wildman–Crippen MR) is 102 cm³/mol. The highest BCUT2D eigenvalue weighted by Gasteiger charge is 2.19.